The van der Waals surface area contributed by atoms with Crippen molar-refractivity contribution < 1.29 is 9.59 Å². The van der Waals surface area contributed by atoms with E-state index in [0.717, 1.165) is 35.5 Å². The third-order valence-electron chi connectivity index (χ3n) is 3.24. The number of hydrogen-bond donors (Lipinski definition) is 0. The van der Waals surface area contributed by atoms with E-state index in [4.69, 9.17) is 0 Å². The van der Waals surface area contributed by atoms with E-state index in [-0.39, 0.29) is 11.0 Å². The summed E-state index contributed by atoms with van der Waals surface area (Å²) < 4.78 is 0. The number of thioether (sulfide) groups is 1. The first-order valence-electron chi connectivity index (χ1n) is 6.93. The van der Waals surface area contributed by atoms with Crippen LogP contribution in [0.25, 0.3) is 0 Å². The van der Waals surface area contributed by atoms with E-state index >= 15 is 0 Å². The first kappa shape index (κ1) is 14.9. The highest BCUT2D eigenvalue weighted by Gasteiger charge is 2.22. The van der Waals surface area contributed by atoms with Crippen molar-refractivity contribution in [3.05, 3.63) is 36.0 Å². The molecule has 0 bridgehead atoms. The lowest BCUT2D eigenvalue weighted by Crippen LogP contribution is -2.27. The van der Waals surface area contributed by atoms with Gasteiger partial charge in [-0.2, -0.15) is 0 Å². The molecule has 0 fully saturated rings. The molecule has 20 heavy (non-hydrogen) atoms. The summed E-state index contributed by atoms with van der Waals surface area (Å²) >= 11 is 1.21. The zero-order chi connectivity index (χ0) is 14.5. The van der Waals surface area contributed by atoms with E-state index in [9.17, 15) is 9.59 Å². The summed E-state index contributed by atoms with van der Waals surface area (Å²) in [5, 5.41) is 0.112. The number of carbonyl (C=O) groups is 2. The SMILES string of the molecule is CCC(=O)Sc1ccccc1N(C(C)=O)C1=CCCC1. The Hall–Kier alpha value is -1.55. The Balaban J connectivity index is 2.38. The lowest BCUT2D eigenvalue weighted by molar-refractivity contribution is -0.116. The summed E-state index contributed by atoms with van der Waals surface area (Å²) in [6, 6.07) is 7.61. The van der Waals surface area contributed by atoms with Crippen LogP contribution >= 0.6 is 11.8 Å². The van der Waals surface area contributed by atoms with Crippen LogP contribution in [0, 0.1) is 0 Å². The molecule has 0 heterocycles. The topological polar surface area (TPSA) is 37.4 Å². The Morgan fingerprint density at radius 2 is 2.05 bits per heavy atom. The fourth-order valence-electron chi connectivity index (χ4n) is 2.31. The van der Waals surface area contributed by atoms with Gasteiger partial charge in [-0.3, -0.25) is 14.5 Å². The van der Waals surface area contributed by atoms with Crippen LogP contribution in [0.2, 0.25) is 0 Å². The lowest BCUT2D eigenvalue weighted by Gasteiger charge is -2.24. The Kier molecular flexibility index (Phi) is 5.01. The predicted octanol–water partition coefficient (Wildman–Crippen LogP) is 4.14. The minimum absolute atomic E-state index is 0.00449. The summed E-state index contributed by atoms with van der Waals surface area (Å²) in [5.41, 5.74) is 1.87. The van der Waals surface area contributed by atoms with Gasteiger partial charge in [0, 0.05) is 23.9 Å². The van der Waals surface area contributed by atoms with Crippen molar-refractivity contribution in [1.82, 2.24) is 0 Å². The Morgan fingerprint density at radius 3 is 2.65 bits per heavy atom. The summed E-state index contributed by atoms with van der Waals surface area (Å²) in [5.74, 6) is -0.00449. The minimum Gasteiger partial charge on any atom is -0.287 e. The van der Waals surface area contributed by atoms with Gasteiger partial charge in [0.1, 0.15) is 0 Å². The van der Waals surface area contributed by atoms with Crippen molar-refractivity contribution in [2.75, 3.05) is 4.90 Å². The molecule has 0 spiro atoms. The van der Waals surface area contributed by atoms with Gasteiger partial charge in [0.15, 0.2) is 5.12 Å². The Labute approximate surface area is 124 Å². The maximum absolute atomic E-state index is 12.0. The standard InChI is InChI=1S/C16H19NO2S/c1-3-16(19)20-15-11-7-6-10-14(15)17(12(2)18)13-8-4-5-9-13/h6-8,10-11H,3-5,9H2,1-2H3. The largest absolute Gasteiger partial charge is 0.287 e. The van der Waals surface area contributed by atoms with Gasteiger partial charge in [0.25, 0.3) is 0 Å². The van der Waals surface area contributed by atoms with E-state index in [1.54, 1.807) is 11.8 Å². The van der Waals surface area contributed by atoms with Crippen LogP contribution in [0.5, 0.6) is 0 Å². The number of carbonyl (C=O) groups excluding carboxylic acids is 2. The van der Waals surface area contributed by atoms with Gasteiger partial charge >= 0.3 is 0 Å². The van der Waals surface area contributed by atoms with E-state index in [0.29, 0.717) is 6.42 Å². The summed E-state index contributed by atoms with van der Waals surface area (Å²) in [6.45, 7) is 3.42. The molecule has 0 unspecified atom stereocenters. The second kappa shape index (κ2) is 6.75. The van der Waals surface area contributed by atoms with Crippen LogP contribution < -0.4 is 4.90 Å². The molecule has 4 heteroatoms. The molecule has 0 aliphatic heterocycles. The zero-order valence-electron chi connectivity index (χ0n) is 11.9. The van der Waals surface area contributed by atoms with Crippen LogP contribution in [-0.2, 0) is 9.59 Å². The molecule has 0 N–H and O–H groups in total. The molecule has 1 aliphatic carbocycles. The molecule has 0 atom stereocenters. The number of nitrogens with zero attached hydrogens (tertiary/aromatic N) is 1. The number of rotatable bonds is 4. The summed E-state index contributed by atoms with van der Waals surface area (Å²) in [7, 11) is 0. The van der Waals surface area contributed by atoms with Crippen LogP contribution in [-0.4, -0.2) is 11.0 Å². The lowest BCUT2D eigenvalue weighted by atomic mass is 10.2. The fourth-order valence-corrected chi connectivity index (χ4v) is 3.11. The second-order valence-corrected chi connectivity index (χ2v) is 5.84. The molecule has 0 saturated heterocycles. The molecule has 1 aliphatic rings. The van der Waals surface area contributed by atoms with E-state index in [2.05, 4.69) is 6.08 Å². The molecular formula is C16H19NO2S. The second-order valence-electron chi connectivity index (χ2n) is 4.74. The monoisotopic (exact) mass is 289 g/mol. The third-order valence-corrected chi connectivity index (χ3v) is 4.32. The highest BCUT2D eigenvalue weighted by atomic mass is 32.2. The highest BCUT2D eigenvalue weighted by Crippen LogP contribution is 2.35. The van der Waals surface area contributed by atoms with E-state index in [1.165, 1.54) is 11.8 Å². The quantitative estimate of drug-likeness (QED) is 0.782. The van der Waals surface area contributed by atoms with Crippen LogP contribution in [0.4, 0.5) is 5.69 Å². The molecule has 0 radical (unpaired) electrons. The molecule has 0 aromatic heterocycles. The van der Waals surface area contributed by atoms with Gasteiger partial charge in [-0.25, -0.2) is 0 Å². The summed E-state index contributed by atoms with van der Waals surface area (Å²) in [6.07, 6.45) is 5.62. The van der Waals surface area contributed by atoms with Crippen LogP contribution in [0.3, 0.4) is 0 Å². The van der Waals surface area contributed by atoms with Gasteiger partial charge in [0.05, 0.1) is 5.69 Å². The van der Waals surface area contributed by atoms with Gasteiger partial charge in [-0.15, -0.1) is 0 Å². The molecule has 1 aromatic rings. The zero-order valence-corrected chi connectivity index (χ0v) is 12.7. The molecule has 1 aromatic carbocycles. The van der Waals surface area contributed by atoms with Gasteiger partial charge in [-0.05, 0) is 43.2 Å². The summed E-state index contributed by atoms with van der Waals surface area (Å²) in [4.78, 5) is 26.3. The predicted molar refractivity (Wildman–Crippen MR) is 82.7 cm³/mol. The van der Waals surface area contributed by atoms with Gasteiger partial charge in [0.2, 0.25) is 5.91 Å². The maximum atomic E-state index is 12.0. The van der Waals surface area contributed by atoms with E-state index in [1.807, 2.05) is 31.2 Å². The van der Waals surface area contributed by atoms with Crippen LogP contribution in [0.1, 0.15) is 39.5 Å². The third kappa shape index (κ3) is 3.31. The number of anilines is 1. The first-order chi connectivity index (χ1) is 9.63. The van der Waals surface area contributed by atoms with Crippen molar-refractivity contribution in [2.45, 2.75) is 44.4 Å². The normalized spacial score (nSPS) is 14.0. The molecule has 2 rings (SSSR count). The van der Waals surface area contributed by atoms with E-state index < -0.39 is 0 Å². The molecular weight excluding hydrogens is 270 g/mol. The Bertz CT molecular complexity index is 551. The van der Waals surface area contributed by atoms with Crippen molar-refractivity contribution in [3.63, 3.8) is 0 Å². The minimum atomic E-state index is -0.00449. The highest BCUT2D eigenvalue weighted by molar-refractivity contribution is 8.13. The Morgan fingerprint density at radius 1 is 1.30 bits per heavy atom. The van der Waals surface area contributed by atoms with Crippen LogP contribution in [0.15, 0.2) is 40.9 Å². The molecule has 106 valence electrons. The van der Waals surface area contributed by atoms with Crippen molar-refractivity contribution >= 4 is 28.5 Å². The number of para-hydroxylation sites is 1. The van der Waals surface area contributed by atoms with Gasteiger partial charge in [-0.1, -0.05) is 25.1 Å². The fraction of sp³-hybridized carbons (Fsp3) is 0.375. The molecule has 3 nitrogen and oxygen atoms in total. The number of hydrogen-bond acceptors (Lipinski definition) is 3. The molecule has 0 saturated carbocycles. The van der Waals surface area contributed by atoms with Crippen molar-refractivity contribution in [3.8, 4) is 0 Å². The van der Waals surface area contributed by atoms with Gasteiger partial charge < -0.3 is 0 Å². The van der Waals surface area contributed by atoms with Crippen molar-refractivity contribution in [1.29, 1.82) is 0 Å². The van der Waals surface area contributed by atoms with Crippen molar-refractivity contribution in [2.24, 2.45) is 0 Å². The maximum Gasteiger partial charge on any atom is 0.228 e. The smallest absolute Gasteiger partial charge is 0.228 e. The number of benzene rings is 1. The average molecular weight is 289 g/mol. The average Bonchev–Trinajstić information content (AvgIpc) is 2.94. The number of allylic oxidation sites excluding steroid dienone is 2. The molecule has 1 amide bonds. The number of amides is 1. The first-order valence-corrected chi connectivity index (χ1v) is 7.74.